The van der Waals surface area contributed by atoms with E-state index in [2.05, 4.69) is 20.5 Å². The van der Waals surface area contributed by atoms with E-state index in [1.807, 2.05) is 24.0 Å². The minimum Gasteiger partial charge on any atom is -0.357 e. The third-order valence-corrected chi connectivity index (χ3v) is 5.81. The lowest BCUT2D eigenvalue weighted by Crippen LogP contribution is -2.51. The largest absolute Gasteiger partial charge is 0.357 e. The molecule has 1 aliphatic heterocycles. The molecule has 29 heavy (non-hydrogen) atoms. The molecule has 6 nitrogen and oxygen atoms in total. The van der Waals surface area contributed by atoms with Gasteiger partial charge in [-0.15, -0.1) is 0 Å². The average molecular weight is 404 g/mol. The predicted octanol–water partition coefficient (Wildman–Crippen LogP) is 1.87. The van der Waals surface area contributed by atoms with Crippen LogP contribution in [-0.4, -0.2) is 74.0 Å². The summed E-state index contributed by atoms with van der Waals surface area (Å²) in [5.41, 5.74) is 0.713. The lowest BCUT2D eigenvalue weighted by atomic mass is 9.84. The van der Waals surface area contributed by atoms with E-state index in [0.29, 0.717) is 36.9 Å². The topological polar surface area (TPSA) is 60.0 Å². The number of halogens is 1. The SMILES string of the molecule is CCNC(=NCCN1CCN(C(=O)C2CCC2)CC1)NCCc1ccccc1F. The number of amides is 1. The number of nitrogens with zero attached hydrogens (tertiary/aromatic N) is 3. The van der Waals surface area contributed by atoms with Crippen LogP contribution in [0.4, 0.5) is 4.39 Å². The average Bonchev–Trinajstić information content (AvgIpc) is 2.68. The second kappa shape index (κ2) is 11.1. The van der Waals surface area contributed by atoms with Gasteiger partial charge in [0.1, 0.15) is 5.82 Å². The molecule has 1 aromatic carbocycles. The summed E-state index contributed by atoms with van der Waals surface area (Å²) in [6.07, 6.45) is 3.97. The number of nitrogens with one attached hydrogen (secondary N) is 2. The molecule has 1 saturated carbocycles. The molecule has 2 fully saturated rings. The number of carbonyl (C=O) groups is 1. The number of rotatable bonds is 8. The van der Waals surface area contributed by atoms with E-state index in [-0.39, 0.29) is 5.82 Å². The van der Waals surface area contributed by atoms with Gasteiger partial charge in [-0.2, -0.15) is 0 Å². The predicted molar refractivity (Wildman–Crippen MR) is 114 cm³/mol. The first-order chi connectivity index (χ1) is 14.2. The maximum absolute atomic E-state index is 13.7. The Balaban J connectivity index is 1.36. The molecule has 0 unspecified atom stereocenters. The van der Waals surface area contributed by atoms with Crippen LogP contribution < -0.4 is 10.6 Å². The molecular formula is C22H34FN5O. The minimum absolute atomic E-state index is 0.161. The van der Waals surface area contributed by atoms with Crippen molar-refractivity contribution in [3.63, 3.8) is 0 Å². The molecule has 1 saturated heterocycles. The molecular weight excluding hydrogens is 369 g/mol. The van der Waals surface area contributed by atoms with E-state index in [4.69, 9.17) is 0 Å². The molecule has 0 radical (unpaired) electrons. The normalized spacial score (nSPS) is 18.4. The van der Waals surface area contributed by atoms with Crippen LogP contribution in [0.1, 0.15) is 31.7 Å². The number of piperazine rings is 1. The van der Waals surface area contributed by atoms with E-state index in [1.54, 1.807) is 6.07 Å². The number of benzene rings is 1. The molecule has 1 heterocycles. The molecule has 7 heteroatoms. The van der Waals surface area contributed by atoms with Crippen molar-refractivity contribution in [2.45, 2.75) is 32.6 Å². The van der Waals surface area contributed by atoms with Gasteiger partial charge in [0.25, 0.3) is 0 Å². The third kappa shape index (κ3) is 6.42. The summed E-state index contributed by atoms with van der Waals surface area (Å²) in [7, 11) is 0. The van der Waals surface area contributed by atoms with Gasteiger partial charge in [0.05, 0.1) is 6.54 Å². The van der Waals surface area contributed by atoms with Crippen molar-refractivity contribution >= 4 is 11.9 Å². The Hall–Kier alpha value is -2.15. The van der Waals surface area contributed by atoms with E-state index >= 15 is 0 Å². The summed E-state index contributed by atoms with van der Waals surface area (Å²) in [6.45, 7) is 8.55. The highest BCUT2D eigenvalue weighted by molar-refractivity contribution is 5.80. The fourth-order valence-corrected chi connectivity index (χ4v) is 3.77. The first kappa shape index (κ1) is 21.6. The number of carbonyl (C=O) groups excluding carboxylic acids is 1. The quantitative estimate of drug-likeness (QED) is 0.514. The molecule has 160 valence electrons. The van der Waals surface area contributed by atoms with Gasteiger partial charge in [-0.05, 0) is 37.8 Å². The number of aliphatic imine (C=N–C) groups is 1. The first-order valence-electron chi connectivity index (χ1n) is 10.9. The fourth-order valence-electron chi connectivity index (χ4n) is 3.77. The maximum Gasteiger partial charge on any atom is 0.225 e. The summed E-state index contributed by atoms with van der Waals surface area (Å²) in [5, 5.41) is 6.52. The zero-order chi connectivity index (χ0) is 20.5. The van der Waals surface area contributed by atoms with Gasteiger partial charge in [-0.25, -0.2) is 4.39 Å². The number of hydrogen-bond donors (Lipinski definition) is 2. The Labute approximate surface area is 173 Å². The van der Waals surface area contributed by atoms with E-state index in [9.17, 15) is 9.18 Å². The lowest BCUT2D eigenvalue weighted by Gasteiger charge is -2.38. The molecule has 0 atom stereocenters. The van der Waals surface area contributed by atoms with Gasteiger partial charge in [-0.3, -0.25) is 14.7 Å². The van der Waals surface area contributed by atoms with Crippen molar-refractivity contribution in [3.05, 3.63) is 35.6 Å². The van der Waals surface area contributed by atoms with E-state index in [0.717, 1.165) is 58.1 Å². The number of guanidine groups is 1. The summed E-state index contributed by atoms with van der Waals surface area (Å²) >= 11 is 0. The Bertz CT molecular complexity index is 684. The Morgan fingerprint density at radius 2 is 1.93 bits per heavy atom. The Morgan fingerprint density at radius 3 is 2.59 bits per heavy atom. The molecule has 1 aromatic rings. The Kier molecular flexibility index (Phi) is 8.28. The fraction of sp³-hybridized carbons (Fsp3) is 0.636. The molecule has 0 spiro atoms. The molecule has 0 bridgehead atoms. The van der Waals surface area contributed by atoms with Crippen molar-refractivity contribution < 1.29 is 9.18 Å². The summed E-state index contributed by atoms with van der Waals surface area (Å²) in [5.74, 6) is 1.26. The highest BCUT2D eigenvalue weighted by Gasteiger charge is 2.30. The highest BCUT2D eigenvalue weighted by atomic mass is 19.1. The zero-order valence-electron chi connectivity index (χ0n) is 17.5. The highest BCUT2D eigenvalue weighted by Crippen LogP contribution is 2.28. The zero-order valence-corrected chi connectivity index (χ0v) is 17.5. The molecule has 1 amide bonds. The van der Waals surface area contributed by atoms with E-state index < -0.39 is 0 Å². The standard InChI is InChI=1S/C22H34FN5O/c1-2-24-22(25-11-10-18-6-3-4-9-20(18)23)26-12-13-27-14-16-28(17-15-27)21(29)19-7-5-8-19/h3-4,6,9,19H,2,5,7-8,10-17H2,1H3,(H2,24,25,26). The van der Waals surface area contributed by atoms with Crippen molar-refractivity contribution in [2.24, 2.45) is 10.9 Å². The van der Waals surface area contributed by atoms with Crippen LogP contribution in [0.5, 0.6) is 0 Å². The lowest BCUT2D eigenvalue weighted by molar-refractivity contribution is -0.139. The van der Waals surface area contributed by atoms with Gasteiger partial charge in [0.15, 0.2) is 5.96 Å². The van der Waals surface area contributed by atoms with Crippen molar-refractivity contribution in [1.29, 1.82) is 0 Å². The van der Waals surface area contributed by atoms with Crippen LogP contribution in [0, 0.1) is 11.7 Å². The smallest absolute Gasteiger partial charge is 0.225 e. The van der Waals surface area contributed by atoms with Gasteiger partial charge in [0, 0.05) is 51.7 Å². The van der Waals surface area contributed by atoms with Crippen molar-refractivity contribution in [1.82, 2.24) is 20.4 Å². The third-order valence-electron chi connectivity index (χ3n) is 5.81. The summed E-state index contributed by atoms with van der Waals surface area (Å²) in [4.78, 5) is 21.4. The molecule has 2 aliphatic rings. The number of hydrogen-bond acceptors (Lipinski definition) is 3. The summed E-state index contributed by atoms with van der Waals surface area (Å²) < 4.78 is 13.7. The van der Waals surface area contributed by atoms with Gasteiger partial charge in [0.2, 0.25) is 5.91 Å². The van der Waals surface area contributed by atoms with Crippen LogP contribution >= 0.6 is 0 Å². The molecule has 3 rings (SSSR count). The first-order valence-corrected chi connectivity index (χ1v) is 10.9. The van der Waals surface area contributed by atoms with Gasteiger partial charge in [-0.1, -0.05) is 24.6 Å². The maximum atomic E-state index is 13.7. The van der Waals surface area contributed by atoms with Gasteiger partial charge < -0.3 is 15.5 Å². The molecule has 0 aromatic heterocycles. The second-order valence-corrected chi connectivity index (χ2v) is 7.82. The van der Waals surface area contributed by atoms with Crippen molar-refractivity contribution in [3.8, 4) is 0 Å². The Morgan fingerprint density at radius 1 is 1.17 bits per heavy atom. The van der Waals surface area contributed by atoms with E-state index in [1.165, 1.54) is 12.5 Å². The monoisotopic (exact) mass is 403 g/mol. The van der Waals surface area contributed by atoms with Crippen LogP contribution in [0.3, 0.4) is 0 Å². The molecule has 1 aliphatic carbocycles. The summed E-state index contributed by atoms with van der Waals surface area (Å²) in [6, 6.07) is 6.88. The second-order valence-electron chi connectivity index (χ2n) is 7.82. The van der Waals surface area contributed by atoms with Crippen LogP contribution in [0.2, 0.25) is 0 Å². The molecule has 2 N–H and O–H groups in total. The van der Waals surface area contributed by atoms with Crippen molar-refractivity contribution in [2.75, 3.05) is 52.4 Å². The van der Waals surface area contributed by atoms with Gasteiger partial charge >= 0.3 is 0 Å². The van der Waals surface area contributed by atoms with Crippen LogP contribution in [0.25, 0.3) is 0 Å². The minimum atomic E-state index is -0.161. The van der Waals surface area contributed by atoms with Crippen LogP contribution in [-0.2, 0) is 11.2 Å². The van der Waals surface area contributed by atoms with Crippen LogP contribution in [0.15, 0.2) is 29.3 Å².